The molecule has 0 radical (unpaired) electrons. The Morgan fingerprint density at radius 2 is 1.94 bits per heavy atom. The van der Waals surface area contributed by atoms with E-state index < -0.39 is 11.6 Å². The zero-order valence-electron chi connectivity index (χ0n) is 20.3. The number of carbonyl (C=O) groups excluding carboxylic acids is 1. The molecule has 6 rings (SSSR count). The number of nitrogen functional groups attached to an aromatic ring is 1. The number of rotatable bonds is 3. The summed E-state index contributed by atoms with van der Waals surface area (Å²) in [5.74, 6) is -0.793. The van der Waals surface area contributed by atoms with Gasteiger partial charge in [0, 0.05) is 48.3 Å². The highest BCUT2D eigenvalue weighted by molar-refractivity contribution is 6.03. The number of ether oxygens (including phenoxy) is 1. The molecule has 1 unspecified atom stereocenters. The number of hydrazone groups is 1. The van der Waals surface area contributed by atoms with Gasteiger partial charge in [-0.25, -0.2) is 9.78 Å². The smallest absolute Gasteiger partial charge is 0.343 e. The van der Waals surface area contributed by atoms with E-state index in [1.807, 2.05) is 35.5 Å². The van der Waals surface area contributed by atoms with Crippen LogP contribution in [-0.4, -0.2) is 70.0 Å². The lowest BCUT2D eigenvalue weighted by molar-refractivity contribution is -0.172. The highest BCUT2D eigenvalue weighted by Gasteiger charge is 2.47. The standard InChI is InChI=1S/C26H28N6O4/c1-3-26(35)20-18(14-36-25(26)34)24(33)32-13-17-16(12-28-31-10-8-30(2)9-11-31)15-6-4-5-7-19(15)29-22(17)23(32)21(20)27/h4-7,12,35H,3,8-11,13-14,27H2,1-2H3. The number of carbonyl (C=O) groups is 1. The van der Waals surface area contributed by atoms with Crippen molar-refractivity contribution in [3.05, 3.63) is 56.9 Å². The van der Waals surface area contributed by atoms with Gasteiger partial charge in [-0.15, -0.1) is 0 Å². The topological polar surface area (TPSA) is 126 Å². The number of fused-ring (bicyclic) bond motifs is 5. The van der Waals surface area contributed by atoms with Crippen molar-refractivity contribution >= 4 is 28.8 Å². The number of esters is 1. The molecule has 0 bridgehead atoms. The van der Waals surface area contributed by atoms with Crippen LogP contribution in [0.1, 0.15) is 35.6 Å². The first-order chi connectivity index (χ1) is 17.3. The van der Waals surface area contributed by atoms with E-state index in [9.17, 15) is 14.7 Å². The maximum atomic E-state index is 13.6. The van der Waals surface area contributed by atoms with Crippen molar-refractivity contribution in [3.63, 3.8) is 0 Å². The van der Waals surface area contributed by atoms with Crippen LogP contribution in [-0.2, 0) is 28.3 Å². The maximum absolute atomic E-state index is 13.6. The molecule has 0 saturated carbocycles. The molecule has 3 aliphatic rings. The normalized spacial score (nSPS) is 21.5. The van der Waals surface area contributed by atoms with E-state index in [2.05, 4.69) is 11.9 Å². The molecule has 3 N–H and O–H groups in total. The van der Waals surface area contributed by atoms with Gasteiger partial charge in [-0.1, -0.05) is 25.1 Å². The fraction of sp³-hybridized carbons (Fsp3) is 0.385. The van der Waals surface area contributed by atoms with Crippen LogP contribution in [0.2, 0.25) is 0 Å². The minimum absolute atomic E-state index is 0.0346. The summed E-state index contributed by atoms with van der Waals surface area (Å²) in [5, 5.41) is 19.0. The average Bonchev–Trinajstić information content (AvgIpc) is 3.27. The van der Waals surface area contributed by atoms with Gasteiger partial charge in [-0.3, -0.25) is 9.80 Å². The molecule has 1 fully saturated rings. The summed E-state index contributed by atoms with van der Waals surface area (Å²) >= 11 is 0. The molecule has 10 heteroatoms. The Morgan fingerprint density at radius 1 is 1.19 bits per heavy atom. The Labute approximate surface area is 207 Å². The molecule has 2 aromatic heterocycles. The third-order valence-corrected chi connectivity index (χ3v) is 7.62. The minimum atomic E-state index is -1.97. The van der Waals surface area contributed by atoms with Crippen molar-refractivity contribution in [2.24, 2.45) is 5.10 Å². The van der Waals surface area contributed by atoms with Gasteiger partial charge in [0.1, 0.15) is 6.61 Å². The lowest BCUT2D eigenvalue weighted by Gasteiger charge is -2.33. The summed E-state index contributed by atoms with van der Waals surface area (Å²) in [6.07, 6.45) is 1.89. The molecule has 10 nitrogen and oxygen atoms in total. The number of piperazine rings is 1. The third-order valence-electron chi connectivity index (χ3n) is 7.62. The van der Waals surface area contributed by atoms with Gasteiger partial charge in [-0.05, 0) is 19.5 Å². The van der Waals surface area contributed by atoms with Gasteiger partial charge in [-0.2, -0.15) is 5.10 Å². The molecule has 36 heavy (non-hydrogen) atoms. The fourth-order valence-electron chi connectivity index (χ4n) is 5.48. The first kappa shape index (κ1) is 22.7. The SMILES string of the molecule is CCC1(O)C(=O)OCc2c1c(N)c1n(c2=O)Cc2c-1nc1ccccc1c2C=NN1CCN(C)CC1. The predicted molar refractivity (Wildman–Crippen MR) is 136 cm³/mol. The highest BCUT2D eigenvalue weighted by Crippen LogP contribution is 2.44. The van der Waals surface area contributed by atoms with Crippen LogP contribution in [0, 0.1) is 0 Å². The van der Waals surface area contributed by atoms with Crippen LogP contribution in [0.5, 0.6) is 0 Å². The monoisotopic (exact) mass is 488 g/mol. The molecule has 1 aromatic carbocycles. The number of pyridine rings is 2. The second kappa shape index (κ2) is 8.14. The number of benzene rings is 1. The van der Waals surface area contributed by atoms with E-state index in [0.29, 0.717) is 11.4 Å². The van der Waals surface area contributed by atoms with Gasteiger partial charge in [0.25, 0.3) is 5.56 Å². The minimum Gasteiger partial charge on any atom is -0.458 e. The van der Waals surface area contributed by atoms with Crippen molar-refractivity contribution in [1.29, 1.82) is 0 Å². The maximum Gasteiger partial charge on any atom is 0.343 e. The molecule has 3 aromatic rings. The number of nitrogens with zero attached hydrogens (tertiary/aromatic N) is 5. The van der Waals surface area contributed by atoms with Gasteiger partial charge in [0.15, 0.2) is 5.60 Å². The second-order valence-electron chi connectivity index (χ2n) is 9.67. The van der Waals surface area contributed by atoms with E-state index in [-0.39, 0.29) is 41.9 Å². The Kier molecular flexibility index (Phi) is 5.13. The van der Waals surface area contributed by atoms with Crippen molar-refractivity contribution in [2.45, 2.75) is 32.1 Å². The van der Waals surface area contributed by atoms with Gasteiger partial charge in [0.05, 0.1) is 40.9 Å². The van der Waals surface area contributed by atoms with Crippen LogP contribution in [0.3, 0.4) is 0 Å². The average molecular weight is 489 g/mol. The summed E-state index contributed by atoms with van der Waals surface area (Å²) in [6.45, 7) is 5.26. The first-order valence-electron chi connectivity index (χ1n) is 12.2. The zero-order valence-corrected chi connectivity index (χ0v) is 20.3. The van der Waals surface area contributed by atoms with Crippen molar-refractivity contribution in [1.82, 2.24) is 19.5 Å². The lowest BCUT2D eigenvalue weighted by atomic mass is 9.84. The summed E-state index contributed by atoms with van der Waals surface area (Å²) in [4.78, 5) is 33.3. The number of hydrogen-bond donors (Lipinski definition) is 2. The van der Waals surface area contributed by atoms with Crippen molar-refractivity contribution < 1.29 is 14.6 Å². The van der Waals surface area contributed by atoms with Crippen LogP contribution in [0.15, 0.2) is 34.2 Å². The molecule has 1 saturated heterocycles. The highest BCUT2D eigenvalue weighted by atomic mass is 16.6. The number of hydrogen-bond acceptors (Lipinski definition) is 9. The van der Waals surface area contributed by atoms with E-state index in [0.717, 1.165) is 48.2 Å². The van der Waals surface area contributed by atoms with Crippen molar-refractivity contribution in [3.8, 4) is 11.4 Å². The first-order valence-corrected chi connectivity index (χ1v) is 12.2. The van der Waals surface area contributed by atoms with Crippen LogP contribution < -0.4 is 11.3 Å². The molecule has 186 valence electrons. The van der Waals surface area contributed by atoms with E-state index in [1.165, 1.54) is 0 Å². The predicted octanol–water partition coefficient (Wildman–Crippen LogP) is 1.24. The number of likely N-dealkylation sites (N-methyl/N-ethyl adjacent to an activating group) is 1. The Morgan fingerprint density at radius 3 is 2.69 bits per heavy atom. The van der Waals surface area contributed by atoms with Crippen LogP contribution in [0.4, 0.5) is 5.69 Å². The summed E-state index contributed by atoms with van der Waals surface area (Å²) in [7, 11) is 2.10. The molecule has 1 atom stereocenters. The largest absolute Gasteiger partial charge is 0.458 e. The van der Waals surface area contributed by atoms with Gasteiger partial charge in [0.2, 0.25) is 0 Å². The Bertz CT molecular complexity index is 1500. The molecule has 5 heterocycles. The zero-order chi connectivity index (χ0) is 25.2. The van der Waals surface area contributed by atoms with Crippen molar-refractivity contribution in [2.75, 3.05) is 39.0 Å². The number of aliphatic hydroxyl groups is 1. The van der Waals surface area contributed by atoms with E-state index in [1.54, 1.807) is 11.5 Å². The van der Waals surface area contributed by atoms with Crippen LogP contribution in [0.25, 0.3) is 22.3 Å². The molecule has 0 amide bonds. The van der Waals surface area contributed by atoms with Gasteiger partial charge >= 0.3 is 5.97 Å². The number of aromatic nitrogens is 2. The Hall–Kier alpha value is -3.76. The van der Waals surface area contributed by atoms with E-state index in [4.69, 9.17) is 20.6 Å². The quantitative estimate of drug-likeness (QED) is 0.326. The van der Waals surface area contributed by atoms with Crippen LogP contribution >= 0.6 is 0 Å². The molecule has 0 aliphatic carbocycles. The molecular weight excluding hydrogens is 460 g/mol. The van der Waals surface area contributed by atoms with Gasteiger partial charge < -0.3 is 25.0 Å². The fourth-order valence-corrected chi connectivity index (χ4v) is 5.48. The number of nitrogens with two attached hydrogens (primary N) is 1. The number of anilines is 1. The molecule has 3 aliphatic heterocycles. The summed E-state index contributed by atoms with van der Waals surface area (Å²) in [5.41, 5.74) is 8.34. The summed E-state index contributed by atoms with van der Waals surface area (Å²) in [6, 6.07) is 7.77. The molecular formula is C26H28N6O4. The number of cyclic esters (lactones) is 1. The Balaban J connectivity index is 1.57. The number of para-hydroxylation sites is 1. The van der Waals surface area contributed by atoms with E-state index >= 15 is 0 Å². The molecule has 0 spiro atoms. The second-order valence-corrected chi connectivity index (χ2v) is 9.67. The lowest BCUT2D eigenvalue weighted by Crippen LogP contribution is -2.45. The summed E-state index contributed by atoms with van der Waals surface area (Å²) < 4.78 is 6.76. The third kappa shape index (κ3) is 3.17.